The first-order chi connectivity index (χ1) is 6.83. The van der Waals surface area contributed by atoms with Gasteiger partial charge in [0.25, 0.3) is 0 Å². The van der Waals surface area contributed by atoms with Crippen LogP contribution in [0.25, 0.3) is 0 Å². The van der Waals surface area contributed by atoms with Gasteiger partial charge < -0.3 is 9.15 Å². The van der Waals surface area contributed by atoms with Gasteiger partial charge in [-0.2, -0.15) is 0 Å². The molecule has 0 spiro atoms. The maximum Gasteiger partial charge on any atom is 0.132 e. The Bertz CT molecular complexity index is 252. The highest BCUT2D eigenvalue weighted by Gasteiger charge is 1.98. The van der Waals surface area contributed by atoms with Gasteiger partial charge in [0, 0.05) is 19.4 Å². The van der Waals surface area contributed by atoms with Gasteiger partial charge in [-0.15, -0.1) is 0 Å². The number of rotatable bonds is 7. The summed E-state index contributed by atoms with van der Waals surface area (Å²) in [6, 6.07) is 3.70. The van der Waals surface area contributed by atoms with Crippen molar-refractivity contribution < 1.29 is 13.9 Å². The van der Waals surface area contributed by atoms with Gasteiger partial charge in [-0.3, -0.25) is 4.79 Å². The quantitative estimate of drug-likeness (QED) is 0.629. The molecule has 1 aromatic heterocycles. The van der Waals surface area contributed by atoms with Crippen LogP contribution < -0.4 is 0 Å². The van der Waals surface area contributed by atoms with Crippen LogP contribution in [-0.2, 0) is 16.1 Å². The van der Waals surface area contributed by atoms with E-state index in [2.05, 4.69) is 0 Å². The summed E-state index contributed by atoms with van der Waals surface area (Å²) in [6.45, 7) is 2.99. The molecule has 0 aliphatic carbocycles. The van der Waals surface area contributed by atoms with Gasteiger partial charge in [0.15, 0.2) is 0 Å². The van der Waals surface area contributed by atoms with E-state index in [9.17, 15) is 4.79 Å². The third-order valence-electron chi connectivity index (χ3n) is 1.96. The summed E-state index contributed by atoms with van der Waals surface area (Å²) >= 11 is 0. The zero-order chi connectivity index (χ0) is 10.2. The lowest BCUT2D eigenvalue weighted by Gasteiger charge is -2.00. The third-order valence-corrected chi connectivity index (χ3v) is 1.96. The Kier molecular flexibility index (Phi) is 5.00. The van der Waals surface area contributed by atoms with Crippen LogP contribution in [0.4, 0.5) is 0 Å². The Hall–Kier alpha value is -1.09. The van der Waals surface area contributed by atoms with Crippen molar-refractivity contribution in [1.29, 1.82) is 0 Å². The molecule has 0 radical (unpaired) electrons. The van der Waals surface area contributed by atoms with Crippen LogP contribution in [0.15, 0.2) is 22.8 Å². The van der Waals surface area contributed by atoms with Gasteiger partial charge in [-0.25, -0.2) is 0 Å². The number of furan rings is 1. The topological polar surface area (TPSA) is 39.4 Å². The van der Waals surface area contributed by atoms with Crippen LogP contribution in [0.5, 0.6) is 0 Å². The predicted molar refractivity (Wildman–Crippen MR) is 52.9 cm³/mol. The Labute approximate surface area is 84.1 Å². The number of carbonyl (C=O) groups is 1. The smallest absolute Gasteiger partial charge is 0.132 e. The molecule has 0 aliphatic heterocycles. The fraction of sp³-hybridized carbons (Fsp3) is 0.545. The minimum atomic E-state index is 0.298. The number of carbonyl (C=O) groups excluding carboxylic acids is 1. The van der Waals surface area contributed by atoms with Crippen LogP contribution in [0.2, 0.25) is 0 Å². The fourth-order valence-electron chi connectivity index (χ4n) is 1.12. The molecule has 0 saturated carbocycles. The third kappa shape index (κ3) is 4.23. The van der Waals surface area contributed by atoms with E-state index in [-0.39, 0.29) is 0 Å². The molecule has 3 nitrogen and oxygen atoms in total. The second kappa shape index (κ2) is 6.38. The van der Waals surface area contributed by atoms with Crippen LogP contribution >= 0.6 is 0 Å². The molecule has 78 valence electrons. The van der Waals surface area contributed by atoms with Crippen molar-refractivity contribution in [3.05, 3.63) is 24.2 Å². The van der Waals surface area contributed by atoms with Crippen LogP contribution in [0, 0.1) is 0 Å². The second-order valence-electron chi connectivity index (χ2n) is 3.13. The first-order valence-corrected chi connectivity index (χ1v) is 4.94. The first kappa shape index (κ1) is 11.0. The average molecular weight is 196 g/mol. The fourth-order valence-corrected chi connectivity index (χ4v) is 1.12. The lowest BCUT2D eigenvalue weighted by molar-refractivity contribution is -0.119. The van der Waals surface area contributed by atoms with Crippen molar-refractivity contribution in [2.75, 3.05) is 6.61 Å². The Balaban J connectivity index is 1.97. The standard InChI is InChI=1S/C11H16O3/c1-2-10(12)5-3-7-13-9-11-6-4-8-14-11/h4,6,8H,2-3,5,7,9H2,1H3. The minimum absolute atomic E-state index is 0.298. The minimum Gasteiger partial charge on any atom is -0.467 e. The zero-order valence-corrected chi connectivity index (χ0v) is 8.49. The zero-order valence-electron chi connectivity index (χ0n) is 8.49. The second-order valence-corrected chi connectivity index (χ2v) is 3.13. The Morgan fingerprint density at radius 3 is 3.07 bits per heavy atom. The summed E-state index contributed by atoms with van der Waals surface area (Å²) in [5, 5.41) is 0. The molecule has 0 aliphatic rings. The highest BCUT2D eigenvalue weighted by atomic mass is 16.5. The van der Waals surface area contributed by atoms with E-state index in [1.54, 1.807) is 6.26 Å². The van der Waals surface area contributed by atoms with E-state index in [4.69, 9.17) is 9.15 Å². The maximum atomic E-state index is 10.9. The number of ether oxygens (including phenoxy) is 1. The Morgan fingerprint density at radius 1 is 1.57 bits per heavy atom. The normalized spacial score (nSPS) is 10.4. The van der Waals surface area contributed by atoms with E-state index in [0.29, 0.717) is 31.8 Å². The van der Waals surface area contributed by atoms with Crippen molar-refractivity contribution in [2.45, 2.75) is 32.8 Å². The molecule has 0 unspecified atom stereocenters. The van der Waals surface area contributed by atoms with E-state index in [1.807, 2.05) is 19.1 Å². The number of Topliss-reactive ketones (excluding diaryl/α,β-unsaturated/α-hetero) is 1. The molecule has 1 aromatic rings. The summed E-state index contributed by atoms with van der Waals surface area (Å²) < 4.78 is 10.4. The number of hydrogen-bond acceptors (Lipinski definition) is 3. The summed E-state index contributed by atoms with van der Waals surface area (Å²) in [5.41, 5.74) is 0. The molecular formula is C11H16O3. The molecule has 0 aromatic carbocycles. The van der Waals surface area contributed by atoms with Crippen molar-refractivity contribution in [3.8, 4) is 0 Å². The summed E-state index contributed by atoms with van der Waals surface area (Å²) in [4.78, 5) is 10.9. The lowest BCUT2D eigenvalue weighted by Crippen LogP contribution is -2.00. The van der Waals surface area contributed by atoms with Gasteiger partial charge in [0.2, 0.25) is 0 Å². The molecular weight excluding hydrogens is 180 g/mol. The molecule has 0 amide bonds. The summed E-state index contributed by atoms with van der Waals surface area (Å²) in [7, 11) is 0. The van der Waals surface area contributed by atoms with Crippen LogP contribution in [0.3, 0.4) is 0 Å². The molecule has 0 fully saturated rings. The van der Waals surface area contributed by atoms with Crippen molar-refractivity contribution >= 4 is 5.78 Å². The van der Waals surface area contributed by atoms with Crippen LogP contribution in [-0.4, -0.2) is 12.4 Å². The van der Waals surface area contributed by atoms with E-state index >= 15 is 0 Å². The number of hydrogen-bond donors (Lipinski definition) is 0. The first-order valence-electron chi connectivity index (χ1n) is 4.94. The molecule has 1 heterocycles. The lowest BCUT2D eigenvalue weighted by atomic mass is 10.2. The van der Waals surface area contributed by atoms with Crippen molar-refractivity contribution in [3.63, 3.8) is 0 Å². The molecule has 0 bridgehead atoms. The average Bonchev–Trinajstić information content (AvgIpc) is 2.69. The van der Waals surface area contributed by atoms with Gasteiger partial charge in [-0.05, 0) is 18.6 Å². The largest absolute Gasteiger partial charge is 0.467 e. The molecule has 0 atom stereocenters. The van der Waals surface area contributed by atoms with Gasteiger partial charge in [-0.1, -0.05) is 6.92 Å². The predicted octanol–water partition coefficient (Wildman–Crippen LogP) is 2.56. The monoisotopic (exact) mass is 196 g/mol. The van der Waals surface area contributed by atoms with Crippen LogP contribution in [0.1, 0.15) is 31.9 Å². The van der Waals surface area contributed by atoms with E-state index in [1.165, 1.54) is 0 Å². The molecule has 0 N–H and O–H groups in total. The molecule has 14 heavy (non-hydrogen) atoms. The molecule has 1 rings (SSSR count). The van der Waals surface area contributed by atoms with Gasteiger partial charge in [0.1, 0.15) is 18.2 Å². The molecule has 3 heteroatoms. The summed E-state index contributed by atoms with van der Waals surface area (Å²) in [5.74, 6) is 1.12. The van der Waals surface area contributed by atoms with Crippen molar-refractivity contribution in [1.82, 2.24) is 0 Å². The van der Waals surface area contributed by atoms with Gasteiger partial charge >= 0.3 is 0 Å². The highest BCUT2D eigenvalue weighted by molar-refractivity contribution is 5.77. The van der Waals surface area contributed by atoms with E-state index < -0.39 is 0 Å². The molecule has 0 saturated heterocycles. The Morgan fingerprint density at radius 2 is 2.43 bits per heavy atom. The highest BCUT2D eigenvalue weighted by Crippen LogP contribution is 2.03. The van der Waals surface area contributed by atoms with Crippen molar-refractivity contribution in [2.24, 2.45) is 0 Å². The number of ketones is 1. The van der Waals surface area contributed by atoms with Gasteiger partial charge in [0.05, 0.1) is 6.26 Å². The maximum absolute atomic E-state index is 10.9. The summed E-state index contributed by atoms with van der Waals surface area (Å²) in [6.07, 6.45) is 3.67. The van der Waals surface area contributed by atoms with E-state index in [0.717, 1.165) is 12.2 Å². The SMILES string of the molecule is CCC(=O)CCCOCc1ccco1.